The topological polar surface area (TPSA) is 96.0 Å². The minimum Gasteiger partial charge on any atom is -0.497 e. The molecule has 0 aliphatic carbocycles. The predicted molar refractivity (Wildman–Crippen MR) is 179 cm³/mol. The van der Waals surface area contributed by atoms with Crippen LogP contribution in [0.2, 0.25) is 5.02 Å². The molecule has 1 aliphatic heterocycles. The van der Waals surface area contributed by atoms with Gasteiger partial charge in [0.15, 0.2) is 0 Å². The van der Waals surface area contributed by atoms with Crippen molar-refractivity contribution in [1.82, 2.24) is 14.5 Å². The lowest BCUT2D eigenvalue weighted by molar-refractivity contribution is -0.141. The highest BCUT2D eigenvalue weighted by molar-refractivity contribution is 7.89. The van der Waals surface area contributed by atoms with Crippen molar-refractivity contribution in [2.45, 2.75) is 49.7 Å². The molecule has 240 valence electrons. The minimum absolute atomic E-state index is 0.126. The van der Waals surface area contributed by atoms with E-state index in [9.17, 15) is 18.0 Å². The highest BCUT2D eigenvalue weighted by atomic mass is 35.5. The molecule has 1 aliphatic rings. The lowest BCUT2D eigenvalue weighted by atomic mass is 10.0. The summed E-state index contributed by atoms with van der Waals surface area (Å²) in [6.45, 7) is 1.55. The van der Waals surface area contributed by atoms with Crippen molar-refractivity contribution in [3.05, 3.63) is 130 Å². The third-order valence-corrected chi connectivity index (χ3v) is 10.3. The lowest BCUT2D eigenvalue weighted by Gasteiger charge is -2.32. The van der Waals surface area contributed by atoms with Crippen molar-refractivity contribution in [2.24, 2.45) is 0 Å². The second-order valence-electron chi connectivity index (χ2n) is 11.3. The molecule has 1 fully saturated rings. The Kier molecular flexibility index (Phi) is 11.1. The summed E-state index contributed by atoms with van der Waals surface area (Å²) in [5.41, 5.74) is 3.25. The number of benzene rings is 4. The van der Waals surface area contributed by atoms with Crippen LogP contribution >= 0.6 is 11.6 Å². The maximum absolute atomic E-state index is 14.1. The fourth-order valence-corrected chi connectivity index (χ4v) is 7.19. The summed E-state index contributed by atoms with van der Waals surface area (Å²) in [5.74, 6) is 0.206. The second kappa shape index (κ2) is 15.4. The SMILES string of the molecule is COc1ccc(CNC(=O)[C@@H](c2ccccc2)N(Cc2ccc(Cl)cc2)C(=O)CCc2ccc(S(=O)(=O)N3CCCC3)cc2)cc1. The lowest BCUT2D eigenvalue weighted by Crippen LogP contribution is -2.43. The summed E-state index contributed by atoms with van der Waals surface area (Å²) in [5, 5.41) is 3.60. The van der Waals surface area contributed by atoms with Crippen molar-refractivity contribution in [2.75, 3.05) is 20.2 Å². The van der Waals surface area contributed by atoms with Gasteiger partial charge in [-0.05, 0) is 77.9 Å². The molecule has 2 amide bonds. The first kappa shape index (κ1) is 33.2. The van der Waals surface area contributed by atoms with E-state index < -0.39 is 16.1 Å². The number of methoxy groups -OCH3 is 1. The smallest absolute Gasteiger partial charge is 0.247 e. The van der Waals surface area contributed by atoms with Gasteiger partial charge >= 0.3 is 0 Å². The third kappa shape index (κ3) is 8.34. The van der Waals surface area contributed by atoms with E-state index in [0.717, 1.165) is 35.3 Å². The van der Waals surface area contributed by atoms with Gasteiger partial charge in [0.05, 0.1) is 12.0 Å². The molecule has 1 atom stereocenters. The first-order valence-electron chi connectivity index (χ1n) is 15.3. The van der Waals surface area contributed by atoms with Gasteiger partial charge in [-0.25, -0.2) is 8.42 Å². The van der Waals surface area contributed by atoms with Gasteiger partial charge in [0.25, 0.3) is 0 Å². The Morgan fingerprint density at radius 3 is 2.09 bits per heavy atom. The number of hydrogen-bond donors (Lipinski definition) is 1. The van der Waals surface area contributed by atoms with Gasteiger partial charge < -0.3 is 15.0 Å². The molecule has 0 bridgehead atoms. The zero-order valence-corrected chi connectivity index (χ0v) is 27.3. The average Bonchev–Trinajstić information content (AvgIpc) is 3.64. The molecule has 0 saturated carbocycles. The number of hydrogen-bond acceptors (Lipinski definition) is 5. The van der Waals surface area contributed by atoms with E-state index in [4.69, 9.17) is 16.3 Å². The van der Waals surface area contributed by atoms with E-state index in [-0.39, 0.29) is 36.2 Å². The summed E-state index contributed by atoms with van der Waals surface area (Å²) in [6, 6.07) is 29.8. The summed E-state index contributed by atoms with van der Waals surface area (Å²) in [4.78, 5) is 29.9. The Morgan fingerprint density at radius 2 is 1.46 bits per heavy atom. The van der Waals surface area contributed by atoms with Crippen LogP contribution in [0.15, 0.2) is 108 Å². The standard InChI is InChI=1S/C36H38ClN3O5S/c1-45-32-18-11-28(12-19-32)25-38-36(42)35(30-7-3-2-4-8-30)40(26-29-9-16-31(37)17-10-29)34(41)22-15-27-13-20-33(21-14-27)46(43,44)39-23-5-6-24-39/h2-4,7-14,16-21,35H,5-6,15,22-26H2,1H3,(H,38,42)/t35-/m1/s1. The number of nitrogens with zero attached hydrogens (tertiary/aromatic N) is 2. The van der Waals surface area contributed by atoms with Crippen LogP contribution < -0.4 is 10.1 Å². The molecule has 1 N–H and O–H groups in total. The van der Waals surface area contributed by atoms with Gasteiger partial charge in [0.1, 0.15) is 11.8 Å². The highest BCUT2D eigenvalue weighted by Gasteiger charge is 2.32. The molecule has 4 aromatic carbocycles. The van der Waals surface area contributed by atoms with E-state index in [0.29, 0.717) is 30.1 Å². The number of halogens is 1. The van der Waals surface area contributed by atoms with Crippen LogP contribution in [0, 0.1) is 0 Å². The zero-order valence-electron chi connectivity index (χ0n) is 25.8. The van der Waals surface area contributed by atoms with Crippen LogP contribution in [-0.4, -0.2) is 49.6 Å². The molecule has 0 aromatic heterocycles. The Balaban J connectivity index is 1.37. The number of aryl methyl sites for hydroxylation is 1. The van der Waals surface area contributed by atoms with E-state index >= 15 is 0 Å². The molecule has 1 heterocycles. The van der Waals surface area contributed by atoms with Crippen LogP contribution in [0.1, 0.15) is 47.6 Å². The molecule has 0 unspecified atom stereocenters. The number of carbonyl (C=O) groups excluding carboxylic acids is 2. The number of ether oxygens (including phenoxy) is 1. The van der Waals surface area contributed by atoms with Gasteiger partial charge in [-0.15, -0.1) is 0 Å². The third-order valence-electron chi connectivity index (χ3n) is 8.14. The van der Waals surface area contributed by atoms with Gasteiger partial charge in [-0.1, -0.05) is 78.3 Å². The summed E-state index contributed by atoms with van der Waals surface area (Å²) >= 11 is 6.14. The summed E-state index contributed by atoms with van der Waals surface area (Å²) in [7, 11) is -1.92. The number of rotatable bonds is 13. The van der Waals surface area contributed by atoms with Gasteiger partial charge in [-0.2, -0.15) is 4.31 Å². The molecule has 1 saturated heterocycles. The molecule has 5 rings (SSSR count). The number of sulfonamides is 1. The molecule has 46 heavy (non-hydrogen) atoms. The van der Waals surface area contributed by atoms with Crippen LogP contribution in [0.25, 0.3) is 0 Å². The Bertz CT molecular complexity index is 1710. The zero-order chi connectivity index (χ0) is 32.5. The highest BCUT2D eigenvalue weighted by Crippen LogP contribution is 2.27. The van der Waals surface area contributed by atoms with Crippen LogP contribution in [0.3, 0.4) is 0 Å². The Labute approximate surface area is 276 Å². The van der Waals surface area contributed by atoms with Crippen molar-refractivity contribution >= 4 is 33.4 Å². The first-order chi connectivity index (χ1) is 22.2. The largest absolute Gasteiger partial charge is 0.497 e. The van der Waals surface area contributed by atoms with E-state index in [1.54, 1.807) is 48.4 Å². The average molecular weight is 660 g/mol. The molecule has 8 nitrogen and oxygen atoms in total. The quantitative estimate of drug-likeness (QED) is 0.186. The summed E-state index contributed by atoms with van der Waals surface area (Å²) in [6.07, 6.45) is 2.25. The van der Waals surface area contributed by atoms with Gasteiger partial charge in [-0.3, -0.25) is 9.59 Å². The second-order valence-corrected chi connectivity index (χ2v) is 13.7. The van der Waals surface area contributed by atoms with E-state index in [1.165, 1.54) is 4.31 Å². The fourth-order valence-electron chi connectivity index (χ4n) is 5.55. The number of nitrogens with one attached hydrogen (secondary N) is 1. The van der Waals surface area contributed by atoms with Crippen LogP contribution in [-0.2, 0) is 39.1 Å². The van der Waals surface area contributed by atoms with Crippen molar-refractivity contribution in [3.63, 3.8) is 0 Å². The first-order valence-corrected chi connectivity index (χ1v) is 17.1. The maximum Gasteiger partial charge on any atom is 0.247 e. The molecule has 10 heteroatoms. The Morgan fingerprint density at radius 1 is 0.848 bits per heavy atom. The molecule has 4 aromatic rings. The van der Waals surface area contributed by atoms with E-state index in [2.05, 4.69) is 5.32 Å². The van der Waals surface area contributed by atoms with Crippen LogP contribution in [0.5, 0.6) is 5.75 Å². The van der Waals surface area contributed by atoms with Crippen LogP contribution in [0.4, 0.5) is 0 Å². The molecule has 0 radical (unpaired) electrons. The maximum atomic E-state index is 14.1. The summed E-state index contributed by atoms with van der Waals surface area (Å²) < 4.78 is 32.7. The number of amides is 2. The van der Waals surface area contributed by atoms with E-state index in [1.807, 2.05) is 66.7 Å². The van der Waals surface area contributed by atoms with Crippen molar-refractivity contribution in [1.29, 1.82) is 0 Å². The molecular formula is C36H38ClN3O5S. The Hall–Kier alpha value is -4.18. The van der Waals surface area contributed by atoms with Crippen molar-refractivity contribution in [3.8, 4) is 5.75 Å². The molecular weight excluding hydrogens is 622 g/mol. The predicted octanol–water partition coefficient (Wildman–Crippen LogP) is 6.15. The normalized spacial score (nSPS) is 14.0. The molecule has 0 spiro atoms. The minimum atomic E-state index is -3.52. The fraction of sp³-hybridized carbons (Fsp3) is 0.278. The van der Waals surface area contributed by atoms with Crippen molar-refractivity contribution < 1.29 is 22.7 Å². The van der Waals surface area contributed by atoms with Gasteiger partial charge in [0.2, 0.25) is 21.8 Å². The number of carbonyl (C=O) groups is 2. The van der Waals surface area contributed by atoms with Gasteiger partial charge in [0, 0.05) is 37.6 Å². The monoisotopic (exact) mass is 659 g/mol.